The van der Waals surface area contributed by atoms with E-state index in [1.54, 1.807) is 13.0 Å². The summed E-state index contributed by atoms with van der Waals surface area (Å²) < 4.78 is 19.1. The number of nitrogens with zero attached hydrogens (tertiary/aromatic N) is 3. The first-order chi connectivity index (χ1) is 9.22. The van der Waals surface area contributed by atoms with Gasteiger partial charge in [0.25, 0.3) is 0 Å². The quantitative estimate of drug-likeness (QED) is 0.851. The molecular weight excluding hydrogens is 245 g/mol. The lowest BCUT2D eigenvalue weighted by molar-refractivity contribution is 0.314. The molecule has 1 atom stereocenters. The Balaban J connectivity index is 1.65. The number of likely N-dealkylation sites (tertiary alicyclic amines) is 1. The van der Waals surface area contributed by atoms with Crippen molar-refractivity contribution in [2.45, 2.75) is 25.8 Å². The van der Waals surface area contributed by atoms with Gasteiger partial charge in [-0.2, -0.15) is 0 Å². The van der Waals surface area contributed by atoms with E-state index in [2.05, 4.69) is 15.1 Å². The highest BCUT2D eigenvalue weighted by atomic mass is 19.1. The Morgan fingerprint density at radius 3 is 2.95 bits per heavy atom. The summed E-state index contributed by atoms with van der Waals surface area (Å²) in [4.78, 5) is 2.22. The smallest absolute Gasteiger partial charge is 0.220 e. The standard InChI is InChI=1S/C14H16FN3O/c1-10-16-17-14(19-10)12-6-7-18(9-12)8-11-4-2-3-5-13(11)15/h2-5,12H,6-9H2,1H3. The zero-order valence-electron chi connectivity index (χ0n) is 10.8. The number of hydrogen-bond acceptors (Lipinski definition) is 4. The van der Waals surface area contributed by atoms with E-state index in [0.29, 0.717) is 18.3 Å². The molecule has 0 radical (unpaired) electrons. The molecule has 19 heavy (non-hydrogen) atoms. The fourth-order valence-electron chi connectivity index (χ4n) is 2.52. The minimum absolute atomic E-state index is 0.139. The van der Waals surface area contributed by atoms with Gasteiger partial charge in [0, 0.05) is 25.6 Å². The molecule has 1 unspecified atom stereocenters. The van der Waals surface area contributed by atoms with Gasteiger partial charge >= 0.3 is 0 Å². The molecule has 0 bridgehead atoms. The monoisotopic (exact) mass is 261 g/mol. The number of rotatable bonds is 3. The van der Waals surface area contributed by atoms with Crippen molar-refractivity contribution in [1.82, 2.24) is 15.1 Å². The third-order valence-electron chi connectivity index (χ3n) is 3.52. The van der Waals surface area contributed by atoms with Crippen LogP contribution in [0.4, 0.5) is 4.39 Å². The number of halogens is 1. The first-order valence-electron chi connectivity index (χ1n) is 6.48. The normalized spacial score (nSPS) is 20.0. The van der Waals surface area contributed by atoms with Crippen molar-refractivity contribution in [3.63, 3.8) is 0 Å². The van der Waals surface area contributed by atoms with Gasteiger partial charge in [0.2, 0.25) is 11.8 Å². The SMILES string of the molecule is Cc1nnc(C2CCN(Cc3ccccc3F)C2)o1. The molecule has 1 aromatic heterocycles. The third kappa shape index (κ3) is 2.66. The molecule has 0 amide bonds. The van der Waals surface area contributed by atoms with Gasteiger partial charge in [-0.15, -0.1) is 10.2 Å². The molecule has 0 saturated carbocycles. The Morgan fingerprint density at radius 1 is 1.37 bits per heavy atom. The van der Waals surface area contributed by atoms with E-state index in [0.717, 1.165) is 25.1 Å². The molecular formula is C14H16FN3O. The molecule has 0 aliphatic carbocycles. The number of benzene rings is 1. The molecule has 1 aliphatic rings. The minimum atomic E-state index is -0.139. The van der Waals surface area contributed by atoms with E-state index in [4.69, 9.17) is 4.42 Å². The van der Waals surface area contributed by atoms with E-state index in [-0.39, 0.29) is 11.7 Å². The largest absolute Gasteiger partial charge is 0.425 e. The van der Waals surface area contributed by atoms with Gasteiger partial charge in [-0.1, -0.05) is 18.2 Å². The fourth-order valence-corrected chi connectivity index (χ4v) is 2.52. The summed E-state index contributed by atoms with van der Waals surface area (Å²) in [6.45, 7) is 4.20. The molecule has 0 N–H and O–H groups in total. The van der Waals surface area contributed by atoms with E-state index in [1.807, 2.05) is 12.1 Å². The topological polar surface area (TPSA) is 42.2 Å². The van der Waals surface area contributed by atoms with Crippen LogP contribution < -0.4 is 0 Å². The molecule has 2 aromatic rings. The first kappa shape index (κ1) is 12.3. The highest BCUT2D eigenvalue weighted by Crippen LogP contribution is 2.27. The van der Waals surface area contributed by atoms with Crippen LogP contribution in [0.25, 0.3) is 0 Å². The van der Waals surface area contributed by atoms with Crippen LogP contribution in [-0.4, -0.2) is 28.2 Å². The summed E-state index contributed by atoms with van der Waals surface area (Å²) in [7, 11) is 0. The van der Waals surface area contributed by atoms with Crippen LogP contribution in [-0.2, 0) is 6.54 Å². The summed E-state index contributed by atoms with van der Waals surface area (Å²) in [5, 5.41) is 7.93. The zero-order chi connectivity index (χ0) is 13.2. The second-order valence-corrected chi connectivity index (χ2v) is 4.97. The van der Waals surface area contributed by atoms with E-state index in [9.17, 15) is 4.39 Å². The summed E-state index contributed by atoms with van der Waals surface area (Å²) in [5.74, 6) is 1.43. The van der Waals surface area contributed by atoms with Gasteiger partial charge in [-0.25, -0.2) is 4.39 Å². The van der Waals surface area contributed by atoms with Gasteiger partial charge in [-0.3, -0.25) is 4.90 Å². The highest BCUT2D eigenvalue weighted by molar-refractivity contribution is 5.17. The third-order valence-corrected chi connectivity index (χ3v) is 3.52. The van der Waals surface area contributed by atoms with Crippen molar-refractivity contribution in [1.29, 1.82) is 0 Å². The first-order valence-corrected chi connectivity index (χ1v) is 6.48. The predicted octanol–water partition coefficient (Wildman–Crippen LogP) is 2.51. The Kier molecular flexibility index (Phi) is 3.29. The van der Waals surface area contributed by atoms with Gasteiger partial charge < -0.3 is 4.42 Å². The molecule has 4 nitrogen and oxygen atoms in total. The molecule has 100 valence electrons. The van der Waals surface area contributed by atoms with Crippen LogP contribution in [0.2, 0.25) is 0 Å². The van der Waals surface area contributed by atoms with Gasteiger partial charge in [0.1, 0.15) is 5.82 Å². The van der Waals surface area contributed by atoms with Crippen LogP contribution in [0.5, 0.6) is 0 Å². The number of aromatic nitrogens is 2. The Bertz CT molecular complexity index is 569. The fraction of sp³-hybridized carbons (Fsp3) is 0.429. The maximum absolute atomic E-state index is 13.6. The van der Waals surface area contributed by atoms with Crippen LogP contribution >= 0.6 is 0 Å². The highest BCUT2D eigenvalue weighted by Gasteiger charge is 2.28. The molecule has 5 heteroatoms. The van der Waals surface area contributed by atoms with E-state index >= 15 is 0 Å². The number of aryl methyl sites for hydroxylation is 1. The van der Waals surface area contributed by atoms with Crippen LogP contribution in [0.15, 0.2) is 28.7 Å². The second kappa shape index (κ2) is 5.09. The molecule has 1 fully saturated rings. The average Bonchev–Trinajstić information content (AvgIpc) is 3.01. The number of hydrogen-bond donors (Lipinski definition) is 0. The Hall–Kier alpha value is -1.75. The van der Waals surface area contributed by atoms with Crippen molar-refractivity contribution in [2.75, 3.05) is 13.1 Å². The molecule has 1 aliphatic heterocycles. The van der Waals surface area contributed by atoms with Gasteiger partial charge in [0.05, 0.1) is 5.92 Å². The molecule has 1 saturated heterocycles. The molecule has 0 spiro atoms. The maximum atomic E-state index is 13.6. The molecule has 2 heterocycles. The van der Waals surface area contributed by atoms with Crippen molar-refractivity contribution >= 4 is 0 Å². The summed E-state index contributed by atoms with van der Waals surface area (Å²) in [6, 6.07) is 6.92. The maximum Gasteiger partial charge on any atom is 0.220 e. The van der Waals surface area contributed by atoms with Crippen LogP contribution in [0.1, 0.15) is 29.7 Å². The summed E-state index contributed by atoms with van der Waals surface area (Å²) in [5.41, 5.74) is 0.741. The van der Waals surface area contributed by atoms with Crippen molar-refractivity contribution < 1.29 is 8.81 Å². The zero-order valence-corrected chi connectivity index (χ0v) is 10.8. The lowest BCUT2D eigenvalue weighted by atomic mass is 10.1. The van der Waals surface area contributed by atoms with Crippen molar-refractivity contribution in [3.8, 4) is 0 Å². The average molecular weight is 261 g/mol. The Morgan fingerprint density at radius 2 is 2.21 bits per heavy atom. The second-order valence-electron chi connectivity index (χ2n) is 4.97. The minimum Gasteiger partial charge on any atom is -0.425 e. The van der Waals surface area contributed by atoms with Gasteiger partial charge in [0.15, 0.2) is 0 Å². The van der Waals surface area contributed by atoms with Gasteiger partial charge in [-0.05, 0) is 19.0 Å². The predicted molar refractivity (Wildman–Crippen MR) is 68.1 cm³/mol. The van der Waals surface area contributed by atoms with Crippen LogP contribution in [0.3, 0.4) is 0 Å². The van der Waals surface area contributed by atoms with E-state index < -0.39 is 0 Å². The molecule has 3 rings (SSSR count). The molecule has 1 aromatic carbocycles. The van der Waals surface area contributed by atoms with E-state index in [1.165, 1.54) is 6.07 Å². The van der Waals surface area contributed by atoms with Crippen molar-refractivity contribution in [2.24, 2.45) is 0 Å². The summed E-state index contributed by atoms with van der Waals surface area (Å²) in [6.07, 6.45) is 0.982. The van der Waals surface area contributed by atoms with Crippen LogP contribution in [0, 0.1) is 12.7 Å². The summed E-state index contributed by atoms with van der Waals surface area (Å²) >= 11 is 0. The van der Waals surface area contributed by atoms with Crippen molar-refractivity contribution in [3.05, 3.63) is 47.4 Å². The Labute approximate surface area is 111 Å². The lowest BCUT2D eigenvalue weighted by Crippen LogP contribution is -2.20. The lowest BCUT2D eigenvalue weighted by Gasteiger charge is -2.15.